The Morgan fingerprint density at radius 2 is 1.50 bits per heavy atom. The Bertz CT molecular complexity index is 1050. The molecule has 5 nitrogen and oxygen atoms in total. The van der Waals surface area contributed by atoms with Crippen LogP contribution in [0.2, 0.25) is 10.0 Å². The van der Waals surface area contributed by atoms with Crippen molar-refractivity contribution in [1.29, 1.82) is 0 Å². The molecule has 146 valence electrons. The van der Waals surface area contributed by atoms with Gasteiger partial charge in [-0.2, -0.15) is 8.42 Å². The molecule has 0 amide bonds. The molecule has 3 rings (SSSR count). The van der Waals surface area contributed by atoms with E-state index in [-0.39, 0.29) is 26.4 Å². The number of rotatable bonds is 7. The van der Waals surface area contributed by atoms with Crippen LogP contribution in [0.5, 0.6) is 17.2 Å². The largest absolute Gasteiger partial charge is 0.494 e. The van der Waals surface area contributed by atoms with Crippen LogP contribution in [0.25, 0.3) is 0 Å². The average molecular weight is 439 g/mol. The van der Waals surface area contributed by atoms with Crippen molar-refractivity contribution in [3.05, 3.63) is 82.3 Å². The van der Waals surface area contributed by atoms with Crippen LogP contribution >= 0.6 is 23.2 Å². The molecule has 0 aliphatic heterocycles. The van der Waals surface area contributed by atoms with E-state index in [1.54, 1.807) is 12.1 Å². The maximum absolute atomic E-state index is 12.6. The first kappa shape index (κ1) is 20.3. The zero-order valence-corrected chi connectivity index (χ0v) is 17.1. The third kappa shape index (κ3) is 4.70. The highest BCUT2D eigenvalue weighted by molar-refractivity contribution is 7.87. The fraction of sp³-hybridized carbons (Fsp3) is 0.100. The van der Waals surface area contributed by atoms with E-state index in [0.717, 1.165) is 5.56 Å². The molecule has 0 saturated heterocycles. The van der Waals surface area contributed by atoms with Crippen molar-refractivity contribution in [3.63, 3.8) is 0 Å². The van der Waals surface area contributed by atoms with Crippen LogP contribution in [0.15, 0.2) is 71.6 Å². The van der Waals surface area contributed by atoms with Crippen molar-refractivity contribution < 1.29 is 22.1 Å². The predicted molar refractivity (Wildman–Crippen MR) is 108 cm³/mol. The Kier molecular flexibility index (Phi) is 6.34. The number of hydrogen-bond acceptors (Lipinski definition) is 5. The SMILES string of the molecule is COc1c(S(=O)(=O)Oc2ccc(OCc3ccccc3)cc2)ccc(Cl)c1Cl. The van der Waals surface area contributed by atoms with Gasteiger partial charge in [-0.1, -0.05) is 53.5 Å². The van der Waals surface area contributed by atoms with Gasteiger partial charge in [0.25, 0.3) is 0 Å². The summed E-state index contributed by atoms with van der Waals surface area (Å²) in [5.41, 5.74) is 1.03. The Morgan fingerprint density at radius 1 is 0.857 bits per heavy atom. The second-order valence-corrected chi connectivity index (χ2v) is 7.98. The highest BCUT2D eigenvalue weighted by atomic mass is 35.5. The quantitative estimate of drug-likeness (QED) is 0.465. The van der Waals surface area contributed by atoms with Crippen LogP contribution in [-0.2, 0) is 16.7 Å². The fourth-order valence-electron chi connectivity index (χ4n) is 2.41. The van der Waals surface area contributed by atoms with Crippen LogP contribution in [0, 0.1) is 0 Å². The van der Waals surface area contributed by atoms with E-state index in [1.807, 2.05) is 30.3 Å². The van der Waals surface area contributed by atoms with Gasteiger partial charge in [0.15, 0.2) is 5.75 Å². The second kappa shape index (κ2) is 8.73. The minimum Gasteiger partial charge on any atom is -0.494 e. The topological polar surface area (TPSA) is 61.8 Å². The fourth-order valence-corrected chi connectivity index (χ4v) is 3.95. The molecule has 3 aromatic rings. The molecule has 0 N–H and O–H groups in total. The molecule has 0 bridgehead atoms. The molecule has 0 aliphatic rings. The van der Waals surface area contributed by atoms with Crippen LogP contribution in [0.4, 0.5) is 0 Å². The third-order valence-corrected chi connectivity index (χ3v) is 5.82. The lowest BCUT2D eigenvalue weighted by Crippen LogP contribution is -2.11. The highest BCUT2D eigenvalue weighted by Crippen LogP contribution is 2.38. The molecule has 0 radical (unpaired) electrons. The van der Waals surface area contributed by atoms with Crippen molar-refractivity contribution in [2.75, 3.05) is 7.11 Å². The van der Waals surface area contributed by atoms with E-state index in [4.69, 9.17) is 36.9 Å². The molecule has 0 fully saturated rings. The summed E-state index contributed by atoms with van der Waals surface area (Å²) in [5.74, 6) is 0.637. The monoisotopic (exact) mass is 438 g/mol. The smallest absolute Gasteiger partial charge is 0.342 e. The summed E-state index contributed by atoms with van der Waals surface area (Å²) >= 11 is 11.9. The molecule has 0 spiro atoms. The summed E-state index contributed by atoms with van der Waals surface area (Å²) in [6.07, 6.45) is 0. The van der Waals surface area contributed by atoms with Crippen LogP contribution in [-0.4, -0.2) is 15.5 Å². The number of methoxy groups -OCH3 is 1. The van der Waals surface area contributed by atoms with Crippen LogP contribution in [0.3, 0.4) is 0 Å². The van der Waals surface area contributed by atoms with Gasteiger partial charge in [0.2, 0.25) is 0 Å². The Hall–Kier alpha value is -2.41. The minimum absolute atomic E-state index is 0.00139. The summed E-state index contributed by atoms with van der Waals surface area (Å²) in [5, 5.41) is 0.177. The first-order chi connectivity index (χ1) is 13.4. The average Bonchev–Trinajstić information content (AvgIpc) is 2.70. The molecular weight excluding hydrogens is 423 g/mol. The van der Waals surface area contributed by atoms with E-state index < -0.39 is 10.1 Å². The number of benzene rings is 3. The molecule has 0 heterocycles. The van der Waals surface area contributed by atoms with Gasteiger partial charge in [-0.05, 0) is 42.0 Å². The molecular formula is C20H16Cl2O5S. The summed E-state index contributed by atoms with van der Waals surface area (Å²) in [6.45, 7) is 0.403. The Morgan fingerprint density at radius 3 is 2.14 bits per heavy atom. The van der Waals surface area contributed by atoms with Gasteiger partial charge in [-0.15, -0.1) is 0 Å². The van der Waals surface area contributed by atoms with Gasteiger partial charge in [-0.25, -0.2) is 0 Å². The molecule has 0 unspecified atom stereocenters. The van der Waals surface area contributed by atoms with Gasteiger partial charge >= 0.3 is 10.1 Å². The van der Waals surface area contributed by atoms with Gasteiger partial charge < -0.3 is 13.7 Å². The standard InChI is InChI=1S/C20H16Cl2O5S/c1-25-20-18(12-11-17(21)19(20)22)28(23,24)27-16-9-7-15(8-10-16)26-13-14-5-3-2-4-6-14/h2-12H,13H2,1H3. The third-order valence-electron chi connectivity index (χ3n) is 3.77. The lowest BCUT2D eigenvalue weighted by atomic mass is 10.2. The maximum atomic E-state index is 12.6. The molecule has 8 heteroatoms. The van der Waals surface area contributed by atoms with E-state index in [0.29, 0.717) is 12.4 Å². The van der Waals surface area contributed by atoms with Crippen molar-refractivity contribution in [2.24, 2.45) is 0 Å². The summed E-state index contributed by atoms with van der Waals surface area (Å²) < 4.78 is 41.1. The molecule has 0 aliphatic carbocycles. The highest BCUT2D eigenvalue weighted by Gasteiger charge is 2.25. The minimum atomic E-state index is -4.17. The Labute approximate surface area is 173 Å². The first-order valence-corrected chi connectivity index (χ1v) is 10.3. The van der Waals surface area contributed by atoms with E-state index in [1.165, 1.54) is 31.4 Å². The maximum Gasteiger partial charge on any atom is 0.342 e. The zero-order valence-electron chi connectivity index (χ0n) is 14.8. The summed E-state index contributed by atoms with van der Waals surface area (Å²) in [4.78, 5) is -0.214. The van der Waals surface area contributed by atoms with Gasteiger partial charge in [0.05, 0.1) is 12.1 Å². The first-order valence-electron chi connectivity index (χ1n) is 8.14. The lowest BCUT2D eigenvalue weighted by Gasteiger charge is -2.13. The normalized spacial score (nSPS) is 11.1. The van der Waals surface area contributed by atoms with Gasteiger partial charge in [-0.3, -0.25) is 0 Å². The number of halogens is 2. The second-order valence-electron chi connectivity index (χ2n) is 5.68. The number of hydrogen-bond donors (Lipinski definition) is 0. The summed E-state index contributed by atoms with van der Waals surface area (Å²) in [6, 6.07) is 18.6. The lowest BCUT2D eigenvalue weighted by molar-refractivity contribution is 0.306. The molecule has 28 heavy (non-hydrogen) atoms. The molecule has 3 aromatic carbocycles. The van der Waals surface area contributed by atoms with Gasteiger partial charge in [0, 0.05) is 0 Å². The van der Waals surface area contributed by atoms with Crippen molar-refractivity contribution in [3.8, 4) is 17.2 Å². The van der Waals surface area contributed by atoms with Crippen LogP contribution in [0.1, 0.15) is 5.56 Å². The molecule has 0 saturated carbocycles. The molecule has 0 atom stereocenters. The van der Waals surface area contributed by atoms with E-state index in [2.05, 4.69) is 0 Å². The van der Waals surface area contributed by atoms with E-state index in [9.17, 15) is 8.42 Å². The van der Waals surface area contributed by atoms with Crippen molar-refractivity contribution >= 4 is 33.3 Å². The van der Waals surface area contributed by atoms with Crippen molar-refractivity contribution in [1.82, 2.24) is 0 Å². The number of ether oxygens (including phenoxy) is 2. The predicted octanol–water partition coefficient (Wildman–Crippen LogP) is 5.35. The Balaban J connectivity index is 1.74. The molecule has 0 aromatic heterocycles. The summed E-state index contributed by atoms with van der Waals surface area (Å²) in [7, 11) is -2.87. The van der Waals surface area contributed by atoms with Gasteiger partial charge in [0.1, 0.15) is 28.0 Å². The van der Waals surface area contributed by atoms with Crippen molar-refractivity contribution in [2.45, 2.75) is 11.5 Å². The zero-order chi connectivity index (χ0) is 20.1. The van der Waals surface area contributed by atoms with E-state index >= 15 is 0 Å². The van der Waals surface area contributed by atoms with Crippen LogP contribution < -0.4 is 13.7 Å².